The highest BCUT2D eigenvalue weighted by Crippen LogP contribution is 2.06. The van der Waals surface area contributed by atoms with Gasteiger partial charge in [-0.2, -0.15) is 0 Å². The lowest BCUT2D eigenvalue weighted by Crippen LogP contribution is -2.37. The minimum atomic E-state index is 0.357. The molecule has 0 saturated carbocycles. The quantitative estimate of drug-likeness (QED) is 0.653. The van der Waals surface area contributed by atoms with Crippen LogP contribution in [0.3, 0.4) is 0 Å². The van der Waals surface area contributed by atoms with Crippen LogP contribution < -0.4 is 5.32 Å². The van der Waals surface area contributed by atoms with Crippen molar-refractivity contribution in [3.05, 3.63) is 0 Å². The molecule has 1 aliphatic rings. The zero-order valence-electron chi connectivity index (χ0n) is 8.58. The van der Waals surface area contributed by atoms with E-state index in [1.807, 2.05) is 7.05 Å². The molecule has 1 fully saturated rings. The standard InChI is InChI=1S/C9H20N2O2/c1-10-4-5-11(2)7-9-3-6-12-8-13-9/h9-10H,3-8H2,1-2H3. The smallest absolute Gasteiger partial charge is 0.147 e. The summed E-state index contributed by atoms with van der Waals surface area (Å²) in [6, 6.07) is 0. The minimum Gasteiger partial charge on any atom is -0.355 e. The van der Waals surface area contributed by atoms with Crippen LogP contribution in [0.25, 0.3) is 0 Å². The molecule has 78 valence electrons. The van der Waals surface area contributed by atoms with E-state index in [2.05, 4.69) is 17.3 Å². The minimum absolute atomic E-state index is 0.357. The van der Waals surface area contributed by atoms with Crippen molar-refractivity contribution < 1.29 is 9.47 Å². The highest BCUT2D eigenvalue weighted by molar-refractivity contribution is 4.65. The summed E-state index contributed by atoms with van der Waals surface area (Å²) in [4.78, 5) is 2.28. The van der Waals surface area contributed by atoms with Crippen molar-refractivity contribution in [2.45, 2.75) is 12.5 Å². The first kappa shape index (κ1) is 10.9. The lowest BCUT2D eigenvalue weighted by atomic mass is 10.2. The average Bonchev–Trinajstić information content (AvgIpc) is 2.16. The summed E-state index contributed by atoms with van der Waals surface area (Å²) in [6.07, 6.45) is 1.37. The molecular formula is C9H20N2O2. The van der Waals surface area contributed by atoms with Gasteiger partial charge in [0.15, 0.2) is 0 Å². The Morgan fingerprint density at radius 1 is 1.54 bits per heavy atom. The number of likely N-dealkylation sites (N-methyl/N-ethyl adjacent to an activating group) is 2. The summed E-state index contributed by atoms with van der Waals surface area (Å²) in [5.74, 6) is 0. The second-order valence-corrected chi connectivity index (χ2v) is 3.47. The Hall–Kier alpha value is -0.160. The molecule has 1 heterocycles. The predicted molar refractivity (Wildman–Crippen MR) is 51.7 cm³/mol. The molecule has 0 aliphatic carbocycles. The summed E-state index contributed by atoms with van der Waals surface area (Å²) in [5.41, 5.74) is 0. The zero-order chi connectivity index (χ0) is 9.52. The third-order valence-electron chi connectivity index (χ3n) is 2.23. The molecule has 0 aromatic rings. The van der Waals surface area contributed by atoms with Crippen LogP contribution in [0.2, 0.25) is 0 Å². The Labute approximate surface area is 80.2 Å². The molecule has 0 amide bonds. The molecule has 1 rings (SSSR count). The number of ether oxygens (including phenoxy) is 2. The fourth-order valence-corrected chi connectivity index (χ4v) is 1.39. The van der Waals surface area contributed by atoms with Gasteiger partial charge in [-0.3, -0.25) is 0 Å². The van der Waals surface area contributed by atoms with E-state index in [9.17, 15) is 0 Å². The molecule has 0 bridgehead atoms. The SMILES string of the molecule is CNCCN(C)CC1CCOCO1. The molecule has 0 aromatic heterocycles. The molecule has 1 saturated heterocycles. The molecular weight excluding hydrogens is 168 g/mol. The highest BCUT2D eigenvalue weighted by atomic mass is 16.7. The van der Waals surface area contributed by atoms with Gasteiger partial charge in [-0.15, -0.1) is 0 Å². The van der Waals surface area contributed by atoms with E-state index in [4.69, 9.17) is 9.47 Å². The monoisotopic (exact) mass is 188 g/mol. The summed E-state index contributed by atoms with van der Waals surface area (Å²) in [7, 11) is 4.09. The van der Waals surface area contributed by atoms with Gasteiger partial charge >= 0.3 is 0 Å². The first-order valence-electron chi connectivity index (χ1n) is 4.85. The molecule has 1 aliphatic heterocycles. The van der Waals surface area contributed by atoms with Crippen LogP contribution in [0.1, 0.15) is 6.42 Å². The molecule has 13 heavy (non-hydrogen) atoms. The molecule has 0 aromatic carbocycles. The maximum atomic E-state index is 5.44. The van der Waals surface area contributed by atoms with Gasteiger partial charge in [-0.05, 0) is 20.5 Å². The Morgan fingerprint density at radius 3 is 3.00 bits per heavy atom. The third kappa shape index (κ3) is 4.57. The maximum absolute atomic E-state index is 5.44. The van der Waals surface area contributed by atoms with Crippen molar-refractivity contribution in [3.8, 4) is 0 Å². The van der Waals surface area contributed by atoms with Gasteiger partial charge in [0, 0.05) is 19.6 Å². The fourth-order valence-electron chi connectivity index (χ4n) is 1.39. The molecule has 0 radical (unpaired) electrons. The molecule has 4 heteroatoms. The van der Waals surface area contributed by atoms with Crippen LogP contribution in [0.5, 0.6) is 0 Å². The predicted octanol–water partition coefficient (Wildman–Crippen LogP) is -0.0994. The van der Waals surface area contributed by atoms with E-state index in [-0.39, 0.29) is 0 Å². The van der Waals surface area contributed by atoms with Gasteiger partial charge in [0.25, 0.3) is 0 Å². The van der Waals surface area contributed by atoms with Gasteiger partial charge in [-0.25, -0.2) is 0 Å². The number of nitrogens with one attached hydrogen (secondary N) is 1. The number of hydrogen-bond acceptors (Lipinski definition) is 4. The Morgan fingerprint density at radius 2 is 2.38 bits per heavy atom. The Balaban J connectivity index is 2.07. The van der Waals surface area contributed by atoms with Crippen molar-refractivity contribution >= 4 is 0 Å². The summed E-state index contributed by atoms with van der Waals surface area (Å²) >= 11 is 0. The third-order valence-corrected chi connectivity index (χ3v) is 2.23. The van der Waals surface area contributed by atoms with Gasteiger partial charge in [-0.1, -0.05) is 0 Å². The molecule has 4 nitrogen and oxygen atoms in total. The molecule has 1 atom stereocenters. The molecule has 1 N–H and O–H groups in total. The Bertz CT molecular complexity index is 127. The van der Waals surface area contributed by atoms with E-state index in [1.165, 1.54) is 0 Å². The summed E-state index contributed by atoms with van der Waals surface area (Å²) in [5, 5.41) is 3.13. The maximum Gasteiger partial charge on any atom is 0.147 e. The van der Waals surface area contributed by atoms with Crippen molar-refractivity contribution in [2.24, 2.45) is 0 Å². The largest absolute Gasteiger partial charge is 0.355 e. The topological polar surface area (TPSA) is 33.7 Å². The lowest BCUT2D eigenvalue weighted by molar-refractivity contribution is -0.143. The van der Waals surface area contributed by atoms with E-state index in [1.54, 1.807) is 0 Å². The van der Waals surface area contributed by atoms with Crippen molar-refractivity contribution in [2.75, 3.05) is 47.1 Å². The number of rotatable bonds is 5. The van der Waals surface area contributed by atoms with E-state index < -0.39 is 0 Å². The van der Waals surface area contributed by atoms with Gasteiger partial charge in [0.2, 0.25) is 0 Å². The Kier molecular flexibility index (Phi) is 5.31. The van der Waals surface area contributed by atoms with Crippen LogP contribution in [0.4, 0.5) is 0 Å². The lowest BCUT2D eigenvalue weighted by Gasteiger charge is -2.27. The van der Waals surface area contributed by atoms with Crippen LogP contribution in [0, 0.1) is 0 Å². The molecule has 0 spiro atoms. The van der Waals surface area contributed by atoms with E-state index in [0.29, 0.717) is 12.9 Å². The fraction of sp³-hybridized carbons (Fsp3) is 1.00. The van der Waals surface area contributed by atoms with Crippen LogP contribution >= 0.6 is 0 Å². The number of hydrogen-bond donors (Lipinski definition) is 1. The van der Waals surface area contributed by atoms with E-state index in [0.717, 1.165) is 32.7 Å². The van der Waals surface area contributed by atoms with Gasteiger partial charge < -0.3 is 19.7 Å². The first-order valence-corrected chi connectivity index (χ1v) is 4.85. The van der Waals surface area contributed by atoms with Crippen molar-refractivity contribution in [1.29, 1.82) is 0 Å². The van der Waals surface area contributed by atoms with Crippen LogP contribution in [0.15, 0.2) is 0 Å². The zero-order valence-corrected chi connectivity index (χ0v) is 8.58. The van der Waals surface area contributed by atoms with E-state index >= 15 is 0 Å². The second-order valence-electron chi connectivity index (χ2n) is 3.47. The van der Waals surface area contributed by atoms with Crippen LogP contribution in [-0.2, 0) is 9.47 Å². The molecule has 1 unspecified atom stereocenters. The number of nitrogens with zero attached hydrogens (tertiary/aromatic N) is 1. The summed E-state index contributed by atoms with van der Waals surface area (Å²) in [6.45, 7) is 4.40. The van der Waals surface area contributed by atoms with Crippen molar-refractivity contribution in [3.63, 3.8) is 0 Å². The van der Waals surface area contributed by atoms with Crippen LogP contribution in [-0.4, -0.2) is 58.1 Å². The first-order chi connectivity index (χ1) is 6.33. The highest BCUT2D eigenvalue weighted by Gasteiger charge is 2.15. The average molecular weight is 188 g/mol. The normalized spacial score (nSPS) is 23.8. The van der Waals surface area contributed by atoms with Crippen molar-refractivity contribution in [1.82, 2.24) is 10.2 Å². The van der Waals surface area contributed by atoms with Gasteiger partial charge in [0.1, 0.15) is 6.79 Å². The van der Waals surface area contributed by atoms with Gasteiger partial charge in [0.05, 0.1) is 12.7 Å². The summed E-state index contributed by atoms with van der Waals surface area (Å²) < 4.78 is 10.6. The second kappa shape index (κ2) is 6.32.